The lowest BCUT2D eigenvalue weighted by molar-refractivity contribution is -0.147. The van der Waals surface area contributed by atoms with Crippen molar-refractivity contribution >= 4 is 27.3 Å². The minimum atomic E-state index is -4.70. The summed E-state index contributed by atoms with van der Waals surface area (Å²) in [6, 6.07) is 11.5. The number of aromatic nitrogens is 1. The highest BCUT2D eigenvalue weighted by molar-refractivity contribution is 7.89. The summed E-state index contributed by atoms with van der Waals surface area (Å²) >= 11 is 1.38. The molecule has 3 rings (SSSR count). The third-order valence-corrected chi connectivity index (χ3v) is 7.11. The predicted octanol–water partition coefficient (Wildman–Crippen LogP) is 5.27. The Morgan fingerprint density at radius 3 is 2.47 bits per heavy atom. The normalized spacial score (nSPS) is 13.1. The van der Waals surface area contributed by atoms with Gasteiger partial charge in [0.25, 0.3) is 0 Å². The number of carbonyl (C=O) groups is 1. The fourth-order valence-corrected chi connectivity index (χ4v) is 5.14. The molecule has 0 saturated heterocycles. The molecule has 2 aromatic carbocycles. The molecule has 0 unspecified atom stereocenters. The van der Waals surface area contributed by atoms with E-state index in [4.69, 9.17) is 4.74 Å². The molecule has 0 spiro atoms. The summed E-state index contributed by atoms with van der Waals surface area (Å²) in [7, 11) is -4.41. The Morgan fingerprint density at radius 2 is 1.82 bits per heavy atom. The number of nitrogens with one attached hydrogen (secondary N) is 1. The van der Waals surface area contributed by atoms with Gasteiger partial charge in [0.05, 0.1) is 16.2 Å². The van der Waals surface area contributed by atoms with Gasteiger partial charge in [-0.25, -0.2) is 13.4 Å². The number of rotatable bonds is 9. The minimum Gasteiger partial charge on any atom is -0.458 e. The number of ether oxygens (including phenoxy) is 1. The average molecular weight is 513 g/mol. The number of carbonyl (C=O) groups excluding carboxylic acids is 1. The third-order valence-electron chi connectivity index (χ3n) is 4.70. The predicted molar refractivity (Wildman–Crippen MR) is 122 cm³/mol. The monoisotopic (exact) mass is 512 g/mol. The highest BCUT2D eigenvalue weighted by atomic mass is 32.2. The first kappa shape index (κ1) is 25.9. The number of sulfonamides is 1. The summed E-state index contributed by atoms with van der Waals surface area (Å²) in [6.07, 6.45) is -4.60. The SMILES string of the molecule is CC(C)C[C@@H](NS(=O)(=O)c1cccc(C(F)(F)F)c1)C(=O)OCc1csc(-c2ccccc2)n1. The van der Waals surface area contributed by atoms with E-state index < -0.39 is 38.7 Å². The van der Waals surface area contributed by atoms with Crippen molar-refractivity contribution in [2.24, 2.45) is 5.92 Å². The molecule has 0 fully saturated rings. The molecule has 3 aromatic rings. The number of benzene rings is 2. The van der Waals surface area contributed by atoms with Crippen LogP contribution in [0.1, 0.15) is 31.5 Å². The summed E-state index contributed by atoms with van der Waals surface area (Å²) in [4.78, 5) is 16.5. The quantitative estimate of drug-likeness (QED) is 0.395. The van der Waals surface area contributed by atoms with Gasteiger partial charge in [0, 0.05) is 10.9 Å². The molecule has 6 nitrogen and oxygen atoms in total. The lowest BCUT2D eigenvalue weighted by Crippen LogP contribution is -2.42. The number of halogens is 3. The van der Waals surface area contributed by atoms with Crippen molar-refractivity contribution in [3.63, 3.8) is 0 Å². The van der Waals surface area contributed by atoms with Gasteiger partial charge >= 0.3 is 12.1 Å². The van der Waals surface area contributed by atoms with Crippen LogP contribution in [0.3, 0.4) is 0 Å². The Balaban J connectivity index is 1.72. The second-order valence-corrected chi connectivity index (χ2v) is 10.5. The van der Waals surface area contributed by atoms with Crippen molar-refractivity contribution < 1.29 is 31.1 Å². The van der Waals surface area contributed by atoms with E-state index in [-0.39, 0.29) is 18.9 Å². The standard InChI is InChI=1S/C23H23F3N2O4S2/c1-15(2)11-20(28-34(30,31)19-10-6-9-17(12-19)23(24,25)26)22(29)32-13-18-14-33-21(27-18)16-7-4-3-5-8-16/h3-10,12,14-15,20,28H,11,13H2,1-2H3/t20-/m1/s1. The molecule has 11 heteroatoms. The molecular formula is C23H23F3N2O4S2. The van der Waals surface area contributed by atoms with Crippen LogP contribution >= 0.6 is 11.3 Å². The summed E-state index contributed by atoms with van der Waals surface area (Å²) < 4.78 is 72.0. The molecule has 0 amide bonds. The first-order chi connectivity index (χ1) is 16.0. The molecule has 1 atom stereocenters. The maximum atomic E-state index is 13.0. The van der Waals surface area contributed by atoms with E-state index in [1.807, 2.05) is 30.3 Å². The summed E-state index contributed by atoms with van der Waals surface area (Å²) in [6.45, 7) is 3.40. The van der Waals surface area contributed by atoms with Gasteiger partial charge in [0.1, 0.15) is 17.7 Å². The molecule has 0 aliphatic rings. The lowest BCUT2D eigenvalue weighted by Gasteiger charge is -2.19. The van der Waals surface area contributed by atoms with Crippen molar-refractivity contribution in [2.75, 3.05) is 0 Å². The van der Waals surface area contributed by atoms with Crippen LogP contribution in [0.5, 0.6) is 0 Å². The average Bonchev–Trinajstić information content (AvgIpc) is 3.26. The van der Waals surface area contributed by atoms with E-state index in [1.165, 1.54) is 11.3 Å². The Bertz CT molecular complexity index is 1230. The largest absolute Gasteiger partial charge is 0.458 e. The van der Waals surface area contributed by atoms with Gasteiger partial charge < -0.3 is 4.74 Å². The van der Waals surface area contributed by atoms with Crippen LogP contribution in [0.25, 0.3) is 10.6 Å². The van der Waals surface area contributed by atoms with Crippen LogP contribution in [0.2, 0.25) is 0 Å². The van der Waals surface area contributed by atoms with Gasteiger partial charge in [-0.2, -0.15) is 17.9 Å². The van der Waals surface area contributed by atoms with E-state index in [0.717, 1.165) is 28.8 Å². The maximum absolute atomic E-state index is 13.0. The molecule has 1 aromatic heterocycles. The number of thiazole rings is 1. The molecule has 1 N–H and O–H groups in total. The highest BCUT2D eigenvalue weighted by Gasteiger charge is 2.33. The number of hydrogen-bond donors (Lipinski definition) is 1. The van der Waals surface area contributed by atoms with Gasteiger partial charge in [-0.1, -0.05) is 50.2 Å². The van der Waals surface area contributed by atoms with E-state index in [0.29, 0.717) is 11.8 Å². The Hall–Kier alpha value is -2.76. The molecule has 34 heavy (non-hydrogen) atoms. The van der Waals surface area contributed by atoms with Crippen LogP contribution in [0, 0.1) is 5.92 Å². The molecular weight excluding hydrogens is 489 g/mol. The molecule has 0 saturated carbocycles. The Labute approximate surface area is 199 Å². The minimum absolute atomic E-state index is 0.0919. The van der Waals surface area contributed by atoms with Gasteiger partial charge in [0.2, 0.25) is 10.0 Å². The zero-order valence-electron chi connectivity index (χ0n) is 18.4. The summed E-state index contributed by atoms with van der Waals surface area (Å²) in [5.74, 6) is -0.927. The summed E-state index contributed by atoms with van der Waals surface area (Å²) in [5.41, 5.74) is 0.314. The fourth-order valence-electron chi connectivity index (χ4n) is 3.09. The second-order valence-electron chi connectivity index (χ2n) is 7.95. The van der Waals surface area contributed by atoms with Crippen molar-refractivity contribution in [1.29, 1.82) is 0 Å². The maximum Gasteiger partial charge on any atom is 0.416 e. The van der Waals surface area contributed by atoms with Gasteiger partial charge in [-0.05, 0) is 30.5 Å². The van der Waals surface area contributed by atoms with E-state index in [2.05, 4.69) is 9.71 Å². The van der Waals surface area contributed by atoms with E-state index in [1.54, 1.807) is 19.2 Å². The molecule has 1 heterocycles. The molecule has 0 aliphatic heterocycles. The zero-order chi connectivity index (χ0) is 24.9. The second kappa shape index (κ2) is 10.7. The molecule has 0 aliphatic carbocycles. The van der Waals surface area contributed by atoms with Crippen LogP contribution in [-0.2, 0) is 32.3 Å². The number of alkyl halides is 3. The van der Waals surface area contributed by atoms with Crippen molar-refractivity contribution in [1.82, 2.24) is 9.71 Å². The Kier molecular flexibility index (Phi) is 8.11. The van der Waals surface area contributed by atoms with Gasteiger partial charge in [-0.15, -0.1) is 11.3 Å². The molecule has 0 bridgehead atoms. The van der Waals surface area contributed by atoms with Crippen LogP contribution in [-0.4, -0.2) is 25.4 Å². The van der Waals surface area contributed by atoms with E-state index >= 15 is 0 Å². The summed E-state index contributed by atoms with van der Waals surface area (Å²) in [5, 5.41) is 2.48. The molecule has 182 valence electrons. The molecule has 0 radical (unpaired) electrons. The van der Waals surface area contributed by atoms with Crippen LogP contribution < -0.4 is 4.72 Å². The first-order valence-electron chi connectivity index (χ1n) is 10.3. The van der Waals surface area contributed by atoms with Crippen molar-refractivity contribution in [3.05, 3.63) is 71.2 Å². The Morgan fingerprint density at radius 1 is 1.12 bits per heavy atom. The topological polar surface area (TPSA) is 85.4 Å². The number of esters is 1. The van der Waals surface area contributed by atoms with Crippen molar-refractivity contribution in [3.8, 4) is 10.6 Å². The number of nitrogens with zero attached hydrogens (tertiary/aromatic N) is 1. The van der Waals surface area contributed by atoms with Crippen LogP contribution in [0.4, 0.5) is 13.2 Å². The lowest BCUT2D eigenvalue weighted by atomic mass is 10.1. The number of hydrogen-bond acceptors (Lipinski definition) is 6. The van der Waals surface area contributed by atoms with Gasteiger partial charge in [-0.3, -0.25) is 4.79 Å². The first-order valence-corrected chi connectivity index (χ1v) is 12.7. The smallest absolute Gasteiger partial charge is 0.416 e. The third kappa shape index (κ3) is 6.87. The zero-order valence-corrected chi connectivity index (χ0v) is 20.0. The van der Waals surface area contributed by atoms with Crippen LogP contribution in [0.15, 0.2) is 64.9 Å². The van der Waals surface area contributed by atoms with Crippen molar-refractivity contribution in [2.45, 2.75) is 44.0 Å². The van der Waals surface area contributed by atoms with E-state index in [9.17, 15) is 26.4 Å². The fraction of sp³-hybridized carbons (Fsp3) is 0.304. The highest BCUT2D eigenvalue weighted by Crippen LogP contribution is 2.30. The van der Waals surface area contributed by atoms with Gasteiger partial charge in [0.15, 0.2) is 0 Å².